The Bertz CT molecular complexity index is 1120. The number of benzene rings is 1. The van der Waals surface area contributed by atoms with E-state index in [-0.39, 0.29) is 22.2 Å². The van der Waals surface area contributed by atoms with E-state index in [9.17, 15) is 4.79 Å². The summed E-state index contributed by atoms with van der Waals surface area (Å²) >= 11 is 0. The average molecular weight is 523 g/mol. The van der Waals surface area contributed by atoms with E-state index in [1.54, 1.807) is 0 Å². The molecule has 1 aromatic heterocycles. The first-order chi connectivity index (χ1) is 18.2. The van der Waals surface area contributed by atoms with Crippen molar-refractivity contribution in [2.24, 2.45) is 16.7 Å². The number of fused-ring (bicyclic) bond motifs is 4. The molecule has 1 aliphatic heterocycles. The minimum atomic E-state index is -0.354. The first-order valence-electron chi connectivity index (χ1n) is 15.5. The molecule has 0 spiro atoms. The summed E-state index contributed by atoms with van der Waals surface area (Å²) in [6.45, 7) is 7.79. The highest BCUT2D eigenvalue weighted by Crippen LogP contribution is 2.57. The number of hydrogen-bond acceptors (Lipinski definition) is 4. The van der Waals surface area contributed by atoms with Crippen molar-refractivity contribution in [1.29, 1.82) is 0 Å². The van der Waals surface area contributed by atoms with Crippen molar-refractivity contribution in [3.8, 4) is 0 Å². The minimum Gasteiger partial charge on any atom is -0.440 e. The van der Waals surface area contributed by atoms with Gasteiger partial charge in [0.05, 0.1) is 0 Å². The Labute approximate surface area is 229 Å². The Hall–Kier alpha value is -1.88. The quantitative estimate of drug-likeness (QED) is 0.285. The van der Waals surface area contributed by atoms with Crippen molar-refractivity contribution < 1.29 is 14.3 Å². The zero-order chi connectivity index (χ0) is 26.8. The van der Waals surface area contributed by atoms with Crippen LogP contribution in [0.25, 0.3) is 11.1 Å². The third-order valence-electron chi connectivity index (χ3n) is 9.97. The fourth-order valence-electron chi connectivity index (χ4n) is 8.42. The molecule has 5 nitrogen and oxygen atoms in total. The van der Waals surface area contributed by atoms with Crippen LogP contribution in [-0.2, 0) is 23.1 Å². The van der Waals surface area contributed by atoms with Crippen molar-refractivity contribution in [2.45, 2.75) is 129 Å². The molecule has 38 heavy (non-hydrogen) atoms. The summed E-state index contributed by atoms with van der Waals surface area (Å²) in [5, 5.41) is 12.0. The molecule has 1 saturated carbocycles. The van der Waals surface area contributed by atoms with Gasteiger partial charge in [-0.2, -0.15) is 0 Å². The second-order valence-electron chi connectivity index (χ2n) is 14.1. The number of oxazole rings is 1. The van der Waals surface area contributed by atoms with Gasteiger partial charge in [-0.1, -0.05) is 78.6 Å². The molecule has 2 fully saturated rings. The Morgan fingerprint density at radius 1 is 0.921 bits per heavy atom. The van der Waals surface area contributed by atoms with Gasteiger partial charge in [-0.05, 0) is 79.5 Å². The van der Waals surface area contributed by atoms with E-state index >= 15 is 0 Å². The number of carbonyl (C=O) groups is 1. The van der Waals surface area contributed by atoms with Crippen LogP contribution in [0.5, 0.6) is 0 Å². The van der Waals surface area contributed by atoms with Gasteiger partial charge < -0.3 is 14.8 Å². The van der Waals surface area contributed by atoms with E-state index in [4.69, 9.17) is 14.5 Å². The summed E-state index contributed by atoms with van der Waals surface area (Å²) in [7, 11) is 0. The Balaban J connectivity index is 1.16. The maximum Gasteiger partial charge on any atom is 0.226 e. The number of carbonyl (C=O) groups excluding carboxylic acids is 1. The molecule has 1 amide bonds. The number of hydrogen-bond donors (Lipinski definition) is 2. The summed E-state index contributed by atoms with van der Waals surface area (Å²) in [6.07, 6.45) is 19.2. The van der Waals surface area contributed by atoms with Crippen molar-refractivity contribution in [3.63, 3.8) is 0 Å². The van der Waals surface area contributed by atoms with E-state index in [1.807, 2.05) is 0 Å². The number of piperidine rings is 1. The van der Waals surface area contributed by atoms with Crippen molar-refractivity contribution in [3.05, 3.63) is 29.2 Å². The normalized spacial score (nSPS) is 30.8. The molecular weight excluding hydrogens is 472 g/mol. The fourth-order valence-corrected chi connectivity index (χ4v) is 8.42. The summed E-state index contributed by atoms with van der Waals surface area (Å²) in [4.78, 5) is 17.9. The Kier molecular flexibility index (Phi) is 8.24. The van der Waals surface area contributed by atoms with Crippen molar-refractivity contribution in [2.75, 3.05) is 13.2 Å². The van der Waals surface area contributed by atoms with Crippen LogP contribution in [0, 0.1) is 16.7 Å². The molecule has 1 saturated heterocycles. The standard InChI is InChI=1S/C33H50N2O3/c1-31-20-32(2,29(37)34-23-31)22-33(3,21-31)30-35-27-18-26-17-24(14-15-25(26)19-28(27)38-30)13-11-9-7-5-4-6-8-10-12-16-36/h18-19,24,36H,4-17,20-23H2,1-3H3,(H,34,37)/t24?,31-,32+,33-/m0/s1. The molecule has 5 heteroatoms. The first-order valence-corrected chi connectivity index (χ1v) is 15.5. The van der Waals surface area contributed by atoms with E-state index in [2.05, 4.69) is 38.2 Å². The minimum absolute atomic E-state index is 0.0864. The highest BCUT2D eigenvalue weighted by atomic mass is 16.3. The summed E-state index contributed by atoms with van der Waals surface area (Å²) in [5.74, 6) is 1.80. The Morgan fingerprint density at radius 2 is 1.61 bits per heavy atom. The maximum absolute atomic E-state index is 12.8. The van der Waals surface area contributed by atoms with E-state index in [0.717, 1.165) is 61.6 Å². The number of aliphatic hydroxyl groups is 1. The molecule has 2 N–H and O–H groups in total. The van der Waals surface area contributed by atoms with Crippen LogP contribution in [0.2, 0.25) is 0 Å². The van der Waals surface area contributed by atoms with Gasteiger partial charge in [0, 0.05) is 24.0 Å². The highest BCUT2D eigenvalue weighted by molar-refractivity contribution is 5.84. The first kappa shape index (κ1) is 27.7. The van der Waals surface area contributed by atoms with Crippen LogP contribution in [-0.4, -0.2) is 29.1 Å². The monoisotopic (exact) mass is 522 g/mol. The lowest BCUT2D eigenvalue weighted by molar-refractivity contribution is -0.143. The van der Waals surface area contributed by atoms with Crippen LogP contribution in [0.1, 0.15) is 128 Å². The van der Waals surface area contributed by atoms with Gasteiger partial charge in [-0.25, -0.2) is 4.98 Å². The number of nitrogens with one attached hydrogen (secondary N) is 1. The van der Waals surface area contributed by atoms with E-state index in [0.29, 0.717) is 6.61 Å². The Morgan fingerprint density at radius 3 is 2.34 bits per heavy atom. The number of aryl methyl sites for hydroxylation is 1. The van der Waals surface area contributed by atoms with Crippen LogP contribution >= 0.6 is 0 Å². The van der Waals surface area contributed by atoms with Gasteiger partial charge in [-0.3, -0.25) is 4.79 Å². The fraction of sp³-hybridized carbons (Fsp3) is 0.758. The lowest BCUT2D eigenvalue weighted by Gasteiger charge is -2.54. The van der Waals surface area contributed by atoms with Gasteiger partial charge in [0.25, 0.3) is 0 Å². The zero-order valence-electron chi connectivity index (χ0n) is 24.2. The summed E-state index contributed by atoms with van der Waals surface area (Å²) < 4.78 is 6.48. The molecule has 1 aromatic carbocycles. The van der Waals surface area contributed by atoms with Crippen LogP contribution in [0.15, 0.2) is 16.5 Å². The molecule has 2 aliphatic carbocycles. The van der Waals surface area contributed by atoms with Gasteiger partial charge in [0.1, 0.15) is 5.52 Å². The number of amides is 1. The third-order valence-corrected chi connectivity index (χ3v) is 9.97. The van der Waals surface area contributed by atoms with E-state index in [1.165, 1.54) is 81.8 Å². The molecule has 2 heterocycles. The number of aliphatic hydroxyl groups excluding tert-OH is 1. The smallest absolute Gasteiger partial charge is 0.226 e. The number of aromatic nitrogens is 1. The molecule has 5 rings (SSSR count). The maximum atomic E-state index is 12.8. The number of unbranched alkanes of at least 4 members (excludes halogenated alkanes) is 8. The molecule has 2 bridgehead atoms. The van der Waals surface area contributed by atoms with Crippen molar-refractivity contribution in [1.82, 2.24) is 10.3 Å². The van der Waals surface area contributed by atoms with Crippen LogP contribution < -0.4 is 5.32 Å². The lowest BCUT2D eigenvalue weighted by Crippen LogP contribution is -2.59. The zero-order valence-corrected chi connectivity index (χ0v) is 24.2. The van der Waals surface area contributed by atoms with Gasteiger partial charge in [-0.15, -0.1) is 0 Å². The molecule has 4 atom stereocenters. The summed E-state index contributed by atoms with van der Waals surface area (Å²) in [5.41, 5.74) is 4.35. The lowest BCUT2D eigenvalue weighted by atomic mass is 9.52. The molecule has 3 aliphatic rings. The largest absolute Gasteiger partial charge is 0.440 e. The summed E-state index contributed by atoms with van der Waals surface area (Å²) in [6, 6.07) is 4.57. The number of nitrogens with zero attached hydrogens (tertiary/aromatic N) is 1. The van der Waals surface area contributed by atoms with Gasteiger partial charge >= 0.3 is 0 Å². The predicted molar refractivity (Wildman–Crippen MR) is 153 cm³/mol. The topological polar surface area (TPSA) is 75.4 Å². The average Bonchev–Trinajstić information content (AvgIpc) is 3.29. The van der Waals surface area contributed by atoms with E-state index < -0.39 is 0 Å². The van der Waals surface area contributed by atoms with Crippen molar-refractivity contribution >= 4 is 17.0 Å². The molecule has 0 radical (unpaired) electrons. The van der Waals surface area contributed by atoms with Gasteiger partial charge in [0.15, 0.2) is 5.58 Å². The van der Waals surface area contributed by atoms with Gasteiger partial charge in [0.2, 0.25) is 11.8 Å². The molecule has 210 valence electrons. The third kappa shape index (κ3) is 5.98. The molecule has 1 unspecified atom stereocenters. The molecular formula is C33H50N2O3. The van der Waals surface area contributed by atoms with Crippen LogP contribution in [0.3, 0.4) is 0 Å². The number of rotatable bonds is 12. The SMILES string of the molecule is C[C@]12CNC(=O)[C@](C)(C1)C[C@@](C)(c1nc3cc4c(cc3o1)CCC(CCCCCCCCCCCO)C4)C2. The van der Waals surface area contributed by atoms with Crippen LogP contribution in [0.4, 0.5) is 0 Å². The highest BCUT2D eigenvalue weighted by Gasteiger charge is 2.57. The second-order valence-corrected chi connectivity index (χ2v) is 14.1. The molecule has 2 aromatic rings. The predicted octanol–water partition coefficient (Wildman–Crippen LogP) is 7.41. The second kappa shape index (κ2) is 11.3.